The van der Waals surface area contributed by atoms with Crippen LogP contribution in [0.5, 0.6) is 0 Å². The first-order valence-electron chi connectivity index (χ1n) is 6.42. The average Bonchev–Trinajstić information content (AvgIpc) is 3.23. The summed E-state index contributed by atoms with van der Waals surface area (Å²) in [6.45, 7) is 0. The van der Waals surface area contributed by atoms with E-state index in [0.717, 1.165) is 27.2 Å². The van der Waals surface area contributed by atoms with Crippen LogP contribution in [0.15, 0.2) is 58.2 Å². The number of halogens is 2. The Morgan fingerprint density at radius 1 is 1.10 bits per heavy atom. The molecule has 0 amide bonds. The Morgan fingerprint density at radius 3 is 2.35 bits per heavy atom. The molecule has 0 radical (unpaired) electrons. The van der Waals surface area contributed by atoms with Crippen molar-refractivity contribution in [3.8, 4) is 0 Å². The highest BCUT2D eigenvalue weighted by Crippen LogP contribution is 2.49. The first-order valence-corrected chi connectivity index (χ1v) is 7.59. The highest BCUT2D eigenvalue weighted by molar-refractivity contribution is 9.10. The van der Waals surface area contributed by atoms with Gasteiger partial charge < -0.3 is 5.21 Å². The summed E-state index contributed by atoms with van der Waals surface area (Å²) < 4.78 is 1.02. The van der Waals surface area contributed by atoms with E-state index >= 15 is 0 Å². The van der Waals surface area contributed by atoms with Crippen molar-refractivity contribution in [1.82, 2.24) is 0 Å². The number of rotatable bonds is 3. The van der Waals surface area contributed by atoms with E-state index in [4.69, 9.17) is 11.6 Å². The lowest BCUT2D eigenvalue weighted by Crippen LogP contribution is -2.05. The van der Waals surface area contributed by atoms with Crippen LogP contribution < -0.4 is 0 Å². The third kappa shape index (κ3) is 2.74. The molecule has 0 saturated heterocycles. The number of hydrogen-bond acceptors (Lipinski definition) is 2. The number of hydrogen-bond donors (Lipinski definition) is 1. The molecule has 0 heterocycles. The molecule has 2 aromatic rings. The number of oxime groups is 1. The van der Waals surface area contributed by atoms with Gasteiger partial charge in [0.05, 0.1) is 5.71 Å². The summed E-state index contributed by atoms with van der Waals surface area (Å²) in [6.07, 6.45) is 1.01. The molecule has 3 rings (SSSR count). The summed E-state index contributed by atoms with van der Waals surface area (Å²) >= 11 is 9.32. The van der Waals surface area contributed by atoms with Crippen LogP contribution in [-0.2, 0) is 0 Å². The van der Waals surface area contributed by atoms with Crippen molar-refractivity contribution < 1.29 is 5.21 Å². The minimum absolute atomic E-state index is 0.280. The third-order valence-corrected chi connectivity index (χ3v) is 4.47. The van der Waals surface area contributed by atoms with Gasteiger partial charge in [-0.2, -0.15) is 0 Å². The van der Waals surface area contributed by atoms with Crippen molar-refractivity contribution in [2.45, 2.75) is 12.3 Å². The standard InChI is InChI=1S/C16H13BrClNO/c17-12-5-1-11(2-6-12)16(19-20)15-9-14(15)10-3-7-13(18)8-4-10/h1-8,14-15,20H,9H2/b19-16-/t14-,15+/m1/s1. The smallest absolute Gasteiger partial charge is 0.0904 e. The second kappa shape index (κ2) is 5.58. The minimum Gasteiger partial charge on any atom is -0.411 e. The molecule has 1 fully saturated rings. The molecule has 1 aliphatic rings. The van der Waals surface area contributed by atoms with Crippen LogP contribution in [0, 0.1) is 5.92 Å². The van der Waals surface area contributed by atoms with E-state index in [2.05, 4.69) is 21.1 Å². The van der Waals surface area contributed by atoms with E-state index in [-0.39, 0.29) is 5.92 Å². The van der Waals surface area contributed by atoms with Crippen LogP contribution >= 0.6 is 27.5 Å². The zero-order valence-electron chi connectivity index (χ0n) is 10.6. The maximum absolute atomic E-state index is 9.32. The maximum Gasteiger partial charge on any atom is 0.0904 e. The molecule has 2 nitrogen and oxygen atoms in total. The van der Waals surface area contributed by atoms with Gasteiger partial charge in [0.1, 0.15) is 0 Å². The van der Waals surface area contributed by atoms with Gasteiger partial charge in [0.2, 0.25) is 0 Å². The molecule has 0 spiro atoms. The van der Waals surface area contributed by atoms with Gasteiger partial charge in [0, 0.05) is 15.4 Å². The first-order chi connectivity index (χ1) is 9.69. The number of benzene rings is 2. The second-order valence-electron chi connectivity index (χ2n) is 4.99. The van der Waals surface area contributed by atoms with Crippen molar-refractivity contribution in [3.63, 3.8) is 0 Å². The van der Waals surface area contributed by atoms with Crippen molar-refractivity contribution in [2.24, 2.45) is 11.1 Å². The molecule has 1 saturated carbocycles. The molecule has 0 unspecified atom stereocenters. The lowest BCUT2D eigenvalue weighted by Gasteiger charge is -2.05. The SMILES string of the molecule is O/N=C(/c1ccc(Br)cc1)[C@H]1C[C@@H]1c1ccc(Cl)cc1. The molecule has 20 heavy (non-hydrogen) atoms. The fourth-order valence-electron chi connectivity index (χ4n) is 2.54. The van der Waals surface area contributed by atoms with Gasteiger partial charge in [-0.25, -0.2) is 0 Å². The van der Waals surface area contributed by atoms with Crippen LogP contribution in [0.25, 0.3) is 0 Å². The Kier molecular flexibility index (Phi) is 3.81. The second-order valence-corrected chi connectivity index (χ2v) is 6.34. The minimum atomic E-state index is 0.280. The molecule has 2 atom stereocenters. The van der Waals surface area contributed by atoms with E-state index in [1.165, 1.54) is 5.56 Å². The van der Waals surface area contributed by atoms with Crippen molar-refractivity contribution >= 4 is 33.2 Å². The molecular formula is C16H13BrClNO. The summed E-state index contributed by atoms with van der Waals surface area (Å²) in [6, 6.07) is 15.8. The molecule has 1 N–H and O–H groups in total. The molecule has 102 valence electrons. The Labute approximate surface area is 131 Å². The quantitative estimate of drug-likeness (QED) is 0.467. The van der Waals surface area contributed by atoms with Crippen molar-refractivity contribution in [1.29, 1.82) is 0 Å². The largest absolute Gasteiger partial charge is 0.411 e. The average molecular weight is 351 g/mol. The van der Waals surface area contributed by atoms with E-state index in [1.807, 2.05) is 48.5 Å². The zero-order valence-corrected chi connectivity index (χ0v) is 13.0. The highest BCUT2D eigenvalue weighted by Gasteiger charge is 2.42. The van der Waals surface area contributed by atoms with Crippen LogP contribution in [0.2, 0.25) is 5.02 Å². The Balaban J connectivity index is 1.80. The predicted molar refractivity (Wildman–Crippen MR) is 84.8 cm³/mol. The molecule has 0 aliphatic heterocycles. The van der Waals surface area contributed by atoms with Crippen LogP contribution in [0.3, 0.4) is 0 Å². The molecule has 1 aliphatic carbocycles. The van der Waals surface area contributed by atoms with E-state index in [9.17, 15) is 5.21 Å². The van der Waals surface area contributed by atoms with Gasteiger partial charge in [-0.1, -0.05) is 57.0 Å². The van der Waals surface area contributed by atoms with Crippen molar-refractivity contribution in [3.05, 3.63) is 69.2 Å². The van der Waals surface area contributed by atoms with E-state index in [1.54, 1.807) is 0 Å². The van der Waals surface area contributed by atoms with Gasteiger partial charge in [-0.3, -0.25) is 0 Å². The van der Waals surface area contributed by atoms with Gasteiger partial charge in [-0.15, -0.1) is 0 Å². The van der Waals surface area contributed by atoms with Crippen molar-refractivity contribution in [2.75, 3.05) is 0 Å². The molecular weight excluding hydrogens is 338 g/mol. The lowest BCUT2D eigenvalue weighted by molar-refractivity contribution is 0.317. The highest BCUT2D eigenvalue weighted by atomic mass is 79.9. The number of nitrogens with zero attached hydrogens (tertiary/aromatic N) is 1. The van der Waals surface area contributed by atoms with Crippen LogP contribution in [0.1, 0.15) is 23.5 Å². The van der Waals surface area contributed by atoms with E-state index < -0.39 is 0 Å². The summed E-state index contributed by atoms with van der Waals surface area (Å²) in [7, 11) is 0. The molecule has 4 heteroatoms. The van der Waals surface area contributed by atoms with Gasteiger partial charge in [0.25, 0.3) is 0 Å². The molecule has 0 bridgehead atoms. The van der Waals surface area contributed by atoms with Gasteiger partial charge in [-0.05, 0) is 47.7 Å². The normalized spacial score (nSPS) is 21.8. The topological polar surface area (TPSA) is 32.6 Å². The fraction of sp³-hybridized carbons (Fsp3) is 0.188. The summed E-state index contributed by atoms with van der Waals surface area (Å²) in [4.78, 5) is 0. The Morgan fingerprint density at radius 2 is 1.75 bits per heavy atom. The maximum atomic E-state index is 9.32. The molecule has 0 aromatic heterocycles. The van der Waals surface area contributed by atoms with Gasteiger partial charge in [0.15, 0.2) is 0 Å². The van der Waals surface area contributed by atoms with Gasteiger partial charge >= 0.3 is 0 Å². The lowest BCUT2D eigenvalue weighted by atomic mass is 10.0. The third-order valence-electron chi connectivity index (χ3n) is 3.69. The summed E-state index contributed by atoms with van der Waals surface area (Å²) in [5, 5.41) is 13.6. The first kappa shape index (κ1) is 13.7. The summed E-state index contributed by atoms with van der Waals surface area (Å²) in [5.41, 5.74) is 2.98. The predicted octanol–water partition coefficient (Wildman–Crippen LogP) is 5.08. The zero-order chi connectivity index (χ0) is 14.1. The van der Waals surface area contributed by atoms with Crippen LogP contribution in [0.4, 0.5) is 0 Å². The monoisotopic (exact) mass is 349 g/mol. The molecule has 2 aromatic carbocycles. The summed E-state index contributed by atoms with van der Waals surface area (Å²) in [5.74, 6) is 0.698. The van der Waals surface area contributed by atoms with E-state index in [0.29, 0.717) is 5.92 Å². The fourth-order valence-corrected chi connectivity index (χ4v) is 2.93. The van der Waals surface area contributed by atoms with Crippen LogP contribution in [-0.4, -0.2) is 10.9 Å². The Hall–Kier alpha value is -1.32. The Bertz CT molecular complexity index is 637.